The maximum Gasteiger partial charge on any atom is 0.253 e. The molecule has 0 aliphatic carbocycles. The lowest BCUT2D eigenvalue weighted by Gasteiger charge is -2.24. The minimum atomic E-state index is -3.71. The summed E-state index contributed by atoms with van der Waals surface area (Å²) in [6, 6.07) is 12.8. The molecule has 0 bridgehead atoms. The molecule has 31 heavy (non-hydrogen) atoms. The van der Waals surface area contributed by atoms with Gasteiger partial charge in [0.05, 0.1) is 11.5 Å². The Morgan fingerprint density at radius 3 is 2.26 bits per heavy atom. The van der Waals surface area contributed by atoms with Crippen LogP contribution in [0.15, 0.2) is 53.4 Å². The minimum absolute atomic E-state index is 0.0351. The molecular formula is C23H28N2O5S. The van der Waals surface area contributed by atoms with Crippen LogP contribution in [-0.2, 0) is 21.3 Å². The third-order valence-corrected chi connectivity index (χ3v) is 6.83. The quantitative estimate of drug-likeness (QED) is 0.601. The summed E-state index contributed by atoms with van der Waals surface area (Å²) in [6.07, 6.45) is 0.973. The number of amides is 1. The maximum atomic E-state index is 12.8. The van der Waals surface area contributed by atoms with Crippen LogP contribution >= 0.6 is 0 Å². The first-order chi connectivity index (χ1) is 14.8. The Bertz CT molecular complexity index is 1010. The van der Waals surface area contributed by atoms with Crippen LogP contribution in [0, 0.1) is 5.92 Å². The van der Waals surface area contributed by atoms with Crippen molar-refractivity contribution in [2.24, 2.45) is 5.92 Å². The number of nitrogens with one attached hydrogen (secondary N) is 1. The third-order valence-electron chi connectivity index (χ3n) is 5.41. The van der Waals surface area contributed by atoms with Gasteiger partial charge in [-0.05, 0) is 50.1 Å². The topological polar surface area (TPSA) is 92.8 Å². The largest absolute Gasteiger partial charge is 0.381 e. The summed E-state index contributed by atoms with van der Waals surface area (Å²) < 4.78 is 32.9. The zero-order chi connectivity index (χ0) is 22.4. The molecule has 1 atom stereocenters. The molecule has 0 saturated carbocycles. The molecule has 0 aromatic heterocycles. The monoisotopic (exact) mass is 444 g/mol. The van der Waals surface area contributed by atoms with E-state index >= 15 is 0 Å². The van der Waals surface area contributed by atoms with Crippen LogP contribution in [0.2, 0.25) is 0 Å². The second-order valence-electron chi connectivity index (χ2n) is 7.68. The highest BCUT2D eigenvalue weighted by Crippen LogP contribution is 2.17. The number of sulfonamides is 1. The van der Waals surface area contributed by atoms with E-state index in [1.54, 1.807) is 24.3 Å². The second-order valence-corrected chi connectivity index (χ2v) is 9.44. The van der Waals surface area contributed by atoms with Crippen LogP contribution in [0.5, 0.6) is 0 Å². The summed E-state index contributed by atoms with van der Waals surface area (Å²) in [5.74, 6) is 0.221. The number of nitrogens with zero attached hydrogens (tertiary/aromatic N) is 1. The minimum Gasteiger partial charge on any atom is -0.381 e. The molecule has 1 N–H and O–H groups in total. The Morgan fingerprint density at radius 1 is 1.06 bits per heavy atom. The van der Waals surface area contributed by atoms with Crippen molar-refractivity contribution in [2.75, 3.05) is 26.3 Å². The summed E-state index contributed by atoms with van der Waals surface area (Å²) in [6.45, 7) is 6.24. The van der Waals surface area contributed by atoms with Crippen molar-refractivity contribution in [1.82, 2.24) is 9.62 Å². The molecule has 166 valence electrons. The Hall–Kier alpha value is -2.55. The zero-order valence-corrected chi connectivity index (χ0v) is 18.7. The molecule has 1 fully saturated rings. The predicted molar refractivity (Wildman–Crippen MR) is 117 cm³/mol. The molecule has 1 saturated heterocycles. The van der Waals surface area contributed by atoms with Crippen LogP contribution in [0.3, 0.4) is 0 Å². The molecule has 1 amide bonds. The first-order valence-corrected chi connectivity index (χ1v) is 11.8. The van der Waals surface area contributed by atoms with Gasteiger partial charge in [-0.25, -0.2) is 13.1 Å². The summed E-state index contributed by atoms with van der Waals surface area (Å²) in [5.41, 5.74) is 1.78. The summed E-state index contributed by atoms with van der Waals surface area (Å²) in [4.78, 5) is 26.1. The number of carbonyl (C=O) groups is 2. The van der Waals surface area contributed by atoms with Gasteiger partial charge in [0, 0.05) is 43.3 Å². The van der Waals surface area contributed by atoms with E-state index in [-0.39, 0.29) is 23.1 Å². The van der Waals surface area contributed by atoms with E-state index in [1.807, 2.05) is 11.8 Å². The molecule has 3 rings (SSSR count). The maximum absolute atomic E-state index is 12.8. The third kappa shape index (κ3) is 6.00. The van der Waals surface area contributed by atoms with Crippen LogP contribution in [0.25, 0.3) is 0 Å². The molecule has 2 aromatic carbocycles. The van der Waals surface area contributed by atoms with Crippen molar-refractivity contribution in [2.45, 2.75) is 31.7 Å². The highest BCUT2D eigenvalue weighted by Gasteiger charge is 2.22. The van der Waals surface area contributed by atoms with E-state index in [0.717, 1.165) is 18.6 Å². The Labute approximate surface area is 183 Å². The van der Waals surface area contributed by atoms with Crippen molar-refractivity contribution in [3.8, 4) is 0 Å². The fourth-order valence-corrected chi connectivity index (χ4v) is 4.49. The molecule has 7 nitrogen and oxygen atoms in total. The summed E-state index contributed by atoms with van der Waals surface area (Å²) >= 11 is 0. The number of Topliss-reactive ketones (excluding diaryl/α,β-unsaturated/α-hetero) is 1. The number of benzene rings is 2. The Kier molecular flexibility index (Phi) is 7.59. The number of ether oxygens (including phenoxy) is 1. The van der Waals surface area contributed by atoms with Gasteiger partial charge < -0.3 is 9.64 Å². The van der Waals surface area contributed by atoms with Crippen LogP contribution in [0.4, 0.5) is 0 Å². The van der Waals surface area contributed by atoms with Crippen molar-refractivity contribution >= 4 is 21.7 Å². The van der Waals surface area contributed by atoms with E-state index in [4.69, 9.17) is 4.74 Å². The molecule has 1 aliphatic rings. The fraction of sp³-hybridized carbons (Fsp3) is 0.391. The molecule has 1 heterocycles. The molecule has 8 heteroatoms. The van der Waals surface area contributed by atoms with Gasteiger partial charge in [0.1, 0.15) is 0 Å². The average Bonchev–Trinajstić information content (AvgIpc) is 3.29. The molecule has 0 radical (unpaired) electrons. The van der Waals surface area contributed by atoms with Crippen LogP contribution in [-0.4, -0.2) is 51.3 Å². The SMILES string of the molecule is CCN(CC1CCOC1)C(=O)c1ccc(CNS(=O)(=O)c2ccc(C(C)=O)cc2)cc1. The predicted octanol–water partition coefficient (Wildman–Crippen LogP) is 2.87. The van der Waals surface area contributed by atoms with E-state index in [1.165, 1.54) is 31.2 Å². The smallest absolute Gasteiger partial charge is 0.253 e. The van der Waals surface area contributed by atoms with Crippen molar-refractivity contribution < 1.29 is 22.7 Å². The lowest BCUT2D eigenvalue weighted by Crippen LogP contribution is -2.35. The van der Waals surface area contributed by atoms with Crippen molar-refractivity contribution in [1.29, 1.82) is 0 Å². The van der Waals surface area contributed by atoms with Gasteiger partial charge in [0.15, 0.2) is 5.78 Å². The fourth-order valence-electron chi connectivity index (χ4n) is 3.47. The molecular weight excluding hydrogens is 416 g/mol. The highest BCUT2D eigenvalue weighted by atomic mass is 32.2. The van der Waals surface area contributed by atoms with E-state index < -0.39 is 10.0 Å². The highest BCUT2D eigenvalue weighted by molar-refractivity contribution is 7.89. The van der Waals surface area contributed by atoms with E-state index in [0.29, 0.717) is 36.7 Å². The number of hydrogen-bond donors (Lipinski definition) is 1. The summed E-state index contributed by atoms with van der Waals surface area (Å²) in [5, 5.41) is 0. The normalized spacial score (nSPS) is 16.3. The molecule has 1 aliphatic heterocycles. The van der Waals surface area contributed by atoms with Gasteiger partial charge in [-0.3, -0.25) is 9.59 Å². The van der Waals surface area contributed by atoms with Gasteiger partial charge in [-0.2, -0.15) is 0 Å². The average molecular weight is 445 g/mol. The number of ketones is 1. The molecule has 1 unspecified atom stereocenters. The van der Waals surface area contributed by atoms with Gasteiger partial charge in [0.2, 0.25) is 10.0 Å². The van der Waals surface area contributed by atoms with Gasteiger partial charge in [-0.15, -0.1) is 0 Å². The van der Waals surface area contributed by atoms with Crippen molar-refractivity contribution in [3.05, 3.63) is 65.2 Å². The van der Waals surface area contributed by atoms with Gasteiger partial charge >= 0.3 is 0 Å². The Morgan fingerprint density at radius 2 is 1.71 bits per heavy atom. The zero-order valence-electron chi connectivity index (χ0n) is 17.8. The van der Waals surface area contributed by atoms with E-state index in [2.05, 4.69) is 4.72 Å². The van der Waals surface area contributed by atoms with Crippen molar-refractivity contribution in [3.63, 3.8) is 0 Å². The van der Waals surface area contributed by atoms with Crippen LogP contribution < -0.4 is 4.72 Å². The van der Waals surface area contributed by atoms with Crippen LogP contribution in [0.1, 0.15) is 46.5 Å². The van der Waals surface area contributed by atoms with Gasteiger partial charge in [0.25, 0.3) is 5.91 Å². The van der Waals surface area contributed by atoms with Gasteiger partial charge in [-0.1, -0.05) is 24.3 Å². The number of rotatable bonds is 9. The standard InChI is InChI=1S/C23H28N2O5S/c1-3-25(15-19-12-13-30-16-19)23(27)21-6-4-18(5-7-21)14-24-31(28,29)22-10-8-20(9-11-22)17(2)26/h4-11,19,24H,3,12-16H2,1-2H3. The van der Waals surface area contributed by atoms with E-state index in [9.17, 15) is 18.0 Å². The lowest BCUT2D eigenvalue weighted by atomic mass is 10.1. The number of hydrogen-bond acceptors (Lipinski definition) is 5. The lowest BCUT2D eigenvalue weighted by molar-refractivity contribution is 0.0730. The molecule has 0 spiro atoms. The summed E-state index contributed by atoms with van der Waals surface area (Å²) in [7, 11) is -3.71. The second kappa shape index (κ2) is 10.2. The molecule has 2 aromatic rings. The Balaban J connectivity index is 1.60. The number of carbonyl (C=O) groups excluding carboxylic acids is 2. The first kappa shape index (κ1) is 23.1. The first-order valence-electron chi connectivity index (χ1n) is 10.4.